The minimum Gasteiger partial charge on any atom is -0.489 e. The number of ether oxygens (including phenoxy) is 3. The molecule has 61 heavy (non-hydrogen) atoms. The number of nitroso groups, excluding NO2 is 1. The van der Waals surface area contributed by atoms with Crippen LogP contribution in [0.15, 0.2) is 137 Å². The third-order valence-corrected chi connectivity index (χ3v) is 12.1. The molecule has 1 saturated heterocycles. The molecule has 16 heteroatoms. The summed E-state index contributed by atoms with van der Waals surface area (Å²) >= 11 is 2.47. The van der Waals surface area contributed by atoms with Crippen LogP contribution in [-0.4, -0.2) is 64.2 Å². The second-order valence-corrected chi connectivity index (χ2v) is 17.0. The number of hydrogen-bond acceptors (Lipinski definition) is 14. The number of anilines is 1. The van der Waals surface area contributed by atoms with Crippen LogP contribution >= 0.6 is 23.1 Å². The topological polar surface area (TPSA) is 189 Å². The first-order chi connectivity index (χ1) is 29.4. The van der Waals surface area contributed by atoms with Crippen molar-refractivity contribution in [3.8, 4) is 11.8 Å². The van der Waals surface area contributed by atoms with Gasteiger partial charge in [0.2, 0.25) is 12.8 Å². The van der Waals surface area contributed by atoms with Gasteiger partial charge in [0.15, 0.2) is 5.13 Å². The fourth-order valence-electron chi connectivity index (χ4n) is 6.91. The highest BCUT2D eigenvalue weighted by Gasteiger charge is 2.55. The van der Waals surface area contributed by atoms with Crippen molar-refractivity contribution in [1.29, 1.82) is 5.26 Å². The Morgan fingerprint density at radius 1 is 0.918 bits per heavy atom. The smallest absolute Gasteiger partial charge is 0.358 e. The van der Waals surface area contributed by atoms with Crippen molar-refractivity contribution < 1.29 is 33.4 Å². The Balaban J connectivity index is 1.10. The van der Waals surface area contributed by atoms with Gasteiger partial charge in [0.1, 0.15) is 35.0 Å². The van der Waals surface area contributed by atoms with Crippen LogP contribution in [-0.2, 0) is 34.2 Å². The lowest BCUT2D eigenvalue weighted by atomic mass is 9.77. The van der Waals surface area contributed by atoms with Crippen molar-refractivity contribution in [3.05, 3.63) is 165 Å². The van der Waals surface area contributed by atoms with Gasteiger partial charge >= 0.3 is 11.9 Å². The number of carbonyl (C=O) groups excluding carboxylic acids is 4. The molecule has 310 valence electrons. The number of esters is 2. The molecule has 1 aromatic heterocycles. The first-order valence-electron chi connectivity index (χ1n) is 19.1. The monoisotopic (exact) mass is 856 g/mol. The molecule has 2 N–H and O–H groups in total. The van der Waals surface area contributed by atoms with E-state index in [0.29, 0.717) is 22.0 Å². The number of benzene rings is 4. The summed E-state index contributed by atoms with van der Waals surface area (Å²) in [4.78, 5) is 71.8. The van der Waals surface area contributed by atoms with Crippen LogP contribution in [0.4, 0.5) is 5.13 Å². The van der Waals surface area contributed by atoms with Crippen molar-refractivity contribution in [2.75, 3.05) is 24.5 Å². The minimum absolute atomic E-state index is 0.0804. The Morgan fingerprint density at radius 3 is 2.11 bits per heavy atom. The molecule has 0 radical (unpaired) electrons. The van der Waals surface area contributed by atoms with Crippen LogP contribution in [0.25, 0.3) is 0 Å². The van der Waals surface area contributed by atoms with Gasteiger partial charge in [0.25, 0.3) is 11.8 Å². The first-order valence-corrected chi connectivity index (χ1v) is 21.0. The normalized spacial score (nSPS) is 16.6. The van der Waals surface area contributed by atoms with Gasteiger partial charge in [-0.05, 0) is 60.8 Å². The number of β-lactam (4-membered cyclic amide) rings is 1. The Hall–Kier alpha value is -6.83. The number of fused-ring (bicyclic) bond motifs is 1. The number of nitrogens with one attached hydrogen (secondary N) is 2. The quantitative estimate of drug-likeness (QED) is 0.0360. The highest BCUT2D eigenvalue weighted by molar-refractivity contribution is 8.00. The van der Waals surface area contributed by atoms with Crippen molar-refractivity contribution >= 4 is 52.0 Å². The van der Waals surface area contributed by atoms with Crippen LogP contribution in [0.5, 0.6) is 5.75 Å². The van der Waals surface area contributed by atoms with Crippen molar-refractivity contribution in [3.63, 3.8) is 0 Å². The van der Waals surface area contributed by atoms with Gasteiger partial charge in [0.05, 0.1) is 22.7 Å². The molecule has 14 nitrogen and oxygen atoms in total. The van der Waals surface area contributed by atoms with Crippen LogP contribution in [0, 0.1) is 21.7 Å². The van der Waals surface area contributed by atoms with Crippen molar-refractivity contribution in [2.24, 2.45) is 10.6 Å². The zero-order valence-corrected chi connectivity index (χ0v) is 34.9. The van der Waals surface area contributed by atoms with E-state index in [9.17, 15) is 29.3 Å². The Kier molecular flexibility index (Phi) is 12.6. The zero-order chi connectivity index (χ0) is 43.1. The van der Waals surface area contributed by atoms with Gasteiger partial charge in [-0.25, -0.2) is 9.78 Å². The number of amides is 2. The van der Waals surface area contributed by atoms with Crippen LogP contribution in [0.1, 0.15) is 54.8 Å². The summed E-state index contributed by atoms with van der Waals surface area (Å²) in [6.45, 7) is 4.11. The molecule has 5 aromatic rings. The lowest BCUT2D eigenvalue weighted by Crippen LogP contribution is -2.71. The molecular formula is C45H40N6O8S2. The summed E-state index contributed by atoms with van der Waals surface area (Å²) in [5.41, 5.74) is 1.73. The summed E-state index contributed by atoms with van der Waals surface area (Å²) in [5.74, 6) is -2.48. The molecule has 0 spiro atoms. The van der Waals surface area contributed by atoms with E-state index in [1.54, 1.807) is 44.4 Å². The predicted octanol–water partition coefficient (Wildman–Crippen LogP) is 7.05. The maximum absolute atomic E-state index is 13.8. The summed E-state index contributed by atoms with van der Waals surface area (Å²) in [7, 11) is 0. The summed E-state index contributed by atoms with van der Waals surface area (Å²) in [6, 6.07) is 35.4. The lowest BCUT2D eigenvalue weighted by Gasteiger charge is -2.49. The molecule has 2 unspecified atom stereocenters. The fraction of sp³-hybridized carbons (Fsp3) is 0.244. The molecular weight excluding hydrogens is 817 g/mol. The Bertz CT molecular complexity index is 2410. The third kappa shape index (κ3) is 8.89. The number of carbonyl (C=O) groups is 4. The molecule has 3 heterocycles. The van der Waals surface area contributed by atoms with E-state index in [2.05, 4.69) is 20.8 Å². The Morgan fingerprint density at radius 2 is 1.54 bits per heavy atom. The number of thioether (sulfide) groups is 1. The SMILES string of the molecule is CC(C)(C)C(=O)OCOC(=O)C1=C(COc2cccc(C#N)c2)CS[C@H]2C(NC(=O)C(N=O)c3csc(NC(c4ccccc4)(c4ccccc4)c4ccccc4)n3)C(=O)N12. The molecule has 0 aliphatic carbocycles. The lowest BCUT2D eigenvalue weighted by molar-refractivity contribution is -0.173. The van der Waals surface area contributed by atoms with Gasteiger partial charge in [-0.2, -0.15) is 5.26 Å². The average molecular weight is 857 g/mol. The highest BCUT2D eigenvalue weighted by Crippen LogP contribution is 2.43. The van der Waals surface area contributed by atoms with E-state index in [1.165, 1.54) is 34.1 Å². The van der Waals surface area contributed by atoms with Crippen molar-refractivity contribution in [1.82, 2.24) is 15.2 Å². The van der Waals surface area contributed by atoms with Gasteiger partial charge in [-0.15, -0.1) is 28.0 Å². The number of nitriles is 1. The molecule has 2 aliphatic rings. The molecule has 2 aliphatic heterocycles. The van der Waals surface area contributed by atoms with E-state index < -0.39 is 59.0 Å². The molecule has 3 atom stereocenters. The van der Waals surface area contributed by atoms with Gasteiger partial charge in [-0.1, -0.05) is 97.1 Å². The number of rotatable bonds is 15. The third-order valence-electron chi connectivity index (χ3n) is 9.98. The maximum Gasteiger partial charge on any atom is 0.358 e. The summed E-state index contributed by atoms with van der Waals surface area (Å²) in [6.07, 6.45) is 0. The maximum atomic E-state index is 13.8. The first kappa shape index (κ1) is 42.3. The summed E-state index contributed by atoms with van der Waals surface area (Å²) in [5, 5.41) is 20.0. The van der Waals surface area contributed by atoms with E-state index in [4.69, 9.17) is 14.2 Å². The van der Waals surface area contributed by atoms with E-state index in [0.717, 1.165) is 16.7 Å². The predicted molar refractivity (Wildman–Crippen MR) is 229 cm³/mol. The number of nitrogens with zero attached hydrogens (tertiary/aromatic N) is 4. The fourth-order valence-corrected chi connectivity index (χ4v) is 9.02. The van der Waals surface area contributed by atoms with Gasteiger partial charge in [-0.3, -0.25) is 19.3 Å². The number of aromatic nitrogens is 1. The number of hydrogen-bond donors (Lipinski definition) is 2. The standard InChI is InChI=1S/C45H40N6O8S2/c1-44(2,3)42(55)59-27-58-41(54)37-29(24-57-33-21-13-14-28(22-33)23-46)25-60-40-36(39(53)51(37)40)48-38(52)35(50-56)34-26-61-43(47-34)49-45(30-15-7-4-8-16-30,31-17-9-5-10-18-31)32-19-11-6-12-20-32/h4-22,26,35-36,40H,24-25,27H2,1-3H3,(H,47,49)(H,48,52)/t35?,36?,40-/m0/s1. The second kappa shape index (κ2) is 18.2. The van der Waals surface area contributed by atoms with Gasteiger partial charge in [0, 0.05) is 16.7 Å². The molecule has 0 saturated carbocycles. The Labute approximate surface area is 359 Å². The zero-order valence-electron chi connectivity index (χ0n) is 33.3. The molecule has 7 rings (SSSR count). The number of thiazole rings is 1. The van der Waals surface area contributed by atoms with E-state index in [1.807, 2.05) is 97.1 Å². The molecule has 2 amide bonds. The van der Waals surface area contributed by atoms with Crippen LogP contribution < -0.4 is 15.4 Å². The molecule has 1 fully saturated rings. The molecule has 0 bridgehead atoms. The highest BCUT2D eigenvalue weighted by atomic mass is 32.2. The van der Waals surface area contributed by atoms with E-state index >= 15 is 0 Å². The van der Waals surface area contributed by atoms with Gasteiger partial charge < -0.3 is 24.8 Å². The average Bonchev–Trinajstić information content (AvgIpc) is 3.74. The molecule has 4 aromatic carbocycles. The van der Waals surface area contributed by atoms with Crippen LogP contribution in [0.2, 0.25) is 0 Å². The largest absolute Gasteiger partial charge is 0.489 e. The summed E-state index contributed by atoms with van der Waals surface area (Å²) < 4.78 is 16.4. The second-order valence-electron chi connectivity index (χ2n) is 15.1. The van der Waals surface area contributed by atoms with E-state index in [-0.39, 0.29) is 23.8 Å². The minimum atomic E-state index is -1.60. The van der Waals surface area contributed by atoms with Crippen molar-refractivity contribution in [2.45, 2.75) is 43.8 Å². The van der Waals surface area contributed by atoms with Crippen LogP contribution in [0.3, 0.4) is 0 Å².